The molecule has 0 radical (unpaired) electrons. The average Bonchev–Trinajstić information content (AvgIpc) is 2.93. The molecule has 1 saturated carbocycles. The number of H-pyrrole nitrogens is 1. The summed E-state index contributed by atoms with van der Waals surface area (Å²) < 4.78 is 14.2. The molecule has 0 spiro atoms. The number of aromatic nitrogens is 2. The van der Waals surface area contributed by atoms with Gasteiger partial charge in [-0.3, -0.25) is 5.10 Å². The van der Waals surface area contributed by atoms with Crippen molar-refractivity contribution in [1.29, 1.82) is 0 Å². The highest BCUT2D eigenvalue weighted by Crippen LogP contribution is 2.47. The zero-order chi connectivity index (χ0) is 19.8. The van der Waals surface area contributed by atoms with Crippen LogP contribution in [0.5, 0.6) is 0 Å². The van der Waals surface area contributed by atoms with Gasteiger partial charge in [-0.25, -0.2) is 4.79 Å². The van der Waals surface area contributed by atoms with Crippen LogP contribution in [-0.4, -0.2) is 32.5 Å². The second-order valence-corrected chi connectivity index (χ2v) is 8.51. The van der Waals surface area contributed by atoms with Gasteiger partial charge in [0, 0.05) is 16.0 Å². The Morgan fingerprint density at radius 2 is 2.15 bits per heavy atom. The van der Waals surface area contributed by atoms with Crippen molar-refractivity contribution >= 4 is 28.5 Å². The zero-order valence-corrected chi connectivity index (χ0v) is 16.3. The molecule has 27 heavy (non-hydrogen) atoms. The largest absolute Gasteiger partial charge is 0.388 e. The van der Waals surface area contributed by atoms with E-state index in [2.05, 4.69) is 10.2 Å². The van der Waals surface area contributed by atoms with Gasteiger partial charge in [-0.1, -0.05) is 42.8 Å². The Hall–Kier alpha value is -1.86. The number of carbonyl (C=O) groups excluding carboxylic acids is 1. The van der Waals surface area contributed by atoms with E-state index >= 15 is 0 Å². The molecule has 0 bridgehead atoms. The summed E-state index contributed by atoms with van der Waals surface area (Å²) in [6.07, 6.45) is 4.45. The van der Waals surface area contributed by atoms with Crippen molar-refractivity contribution in [1.82, 2.24) is 15.3 Å². The lowest BCUT2D eigenvalue weighted by Crippen LogP contribution is -2.41. The van der Waals surface area contributed by atoms with Crippen LogP contribution in [0.1, 0.15) is 57.6 Å². The van der Waals surface area contributed by atoms with Crippen molar-refractivity contribution in [2.24, 2.45) is 17.1 Å². The van der Waals surface area contributed by atoms with Gasteiger partial charge in [0.25, 0.3) is 0 Å². The van der Waals surface area contributed by atoms with E-state index in [9.17, 15) is 14.4 Å². The van der Waals surface area contributed by atoms with Crippen LogP contribution >= 0.6 is 11.6 Å². The summed E-state index contributed by atoms with van der Waals surface area (Å²) in [5.41, 5.74) is 5.98. The molecule has 1 aromatic heterocycles. The third kappa shape index (κ3) is 3.89. The summed E-state index contributed by atoms with van der Waals surface area (Å²) in [5, 5.41) is 19.7. The Kier molecular flexibility index (Phi) is 5.63. The predicted molar refractivity (Wildman–Crippen MR) is 103 cm³/mol. The number of nitrogens with one attached hydrogen (secondary N) is 1. The van der Waals surface area contributed by atoms with E-state index in [4.69, 9.17) is 17.3 Å². The van der Waals surface area contributed by atoms with Crippen LogP contribution in [0.3, 0.4) is 0 Å². The Bertz CT molecular complexity index is 825. The number of nitrogens with zero attached hydrogens (tertiary/aromatic N) is 2. The molecule has 2 unspecified atom stereocenters. The fraction of sp³-hybridized carbons (Fsp3) is 0.579. The van der Waals surface area contributed by atoms with Gasteiger partial charge >= 0.3 is 6.03 Å². The number of nitrogens with two attached hydrogens (primary N) is 1. The number of aliphatic hydroxyl groups excluding tert-OH is 1. The molecule has 1 aliphatic carbocycles. The average molecular weight is 397 g/mol. The summed E-state index contributed by atoms with van der Waals surface area (Å²) in [5.74, 6) is 0.00885. The molecule has 1 aliphatic rings. The number of aliphatic hydroxyl groups is 1. The van der Waals surface area contributed by atoms with Gasteiger partial charge in [0.05, 0.1) is 23.9 Å². The lowest BCUT2D eigenvalue weighted by Gasteiger charge is -2.40. The first-order chi connectivity index (χ1) is 12.7. The van der Waals surface area contributed by atoms with Crippen LogP contribution in [0.15, 0.2) is 18.3 Å². The van der Waals surface area contributed by atoms with Crippen LogP contribution in [0.2, 0.25) is 5.02 Å². The van der Waals surface area contributed by atoms with E-state index in [1.165, 1.54) is 0 Å². The first kappa shape index (κ1) is 19.9. The standard InChI is InChI=1S/C19H26ClFN4O2/c1-19(2,12-5-3-4-6-14(8-12)25(21)18(22)27)17(26)15-9-13(20)7-11-10-23-24-16(11)15/h7,9-10,12,14,17,26H,3-6,8H2,1-2H3,(H2,22,27)(H,23,24)/t12?,14-,17?/m1/s1. The highest BCUT2D eigenvalue weighted by atomic mass is 35.5. The number of hydrogen-bond donors (Lipinski definition) is 3. The van der Waals surface area contributed by atoms with Crippen LogP contribution in [0.25, 0.3) is 10.9 Å². The molecule has 148 valence electrons. The van der Waals surface area contributed by atoms with Crippen LogP contribution < -0.4 is 5.73 Å². The molecular formula is C19H26ClFN4O2. The Morgan fingerprint density at radius 1 is 1.44 bits per heavy atom. The topological polar surface area (TPSA) is 95.2 Å². The molecule has 3 rings (SSSR count). The summed E-state index contributed by atoms with van der Waals surface area (Å²) in [7, 11) is 0. The highest BCUT2D eigenvalue weighted by molar-refractivity contribution is 6.31. The minimum Gasteiger partial charge on any atom is -0.388 e. The van der Waals surface area contributed by atoms with Crippen molar-refractivity contribution in [3.05, 3.63) is 28.9 Å². The van der Waals surface area contributed by atoms with Crippen LogP contribution in [0, 0.1) is 11.3 Å². The maximum atomic E-state index is 14.2. The van der Waals surface area contributed by atoms with Crippen molar-refractivity contribution in [3.8, 4) is 0 Å². The zero-order valence-electron chi connectivity index (χ0n) is 15.6. The number of benzene rings is 1. The maximum absolute atomic E-state index is 14.2. The number of primary amides is 1. The number of amides is 2. The van der Waals surface area contributed by atoms with Crippen molar-refractivity contribution < 1.29 is 14.4 Å². The fourth-order valence-corrected chi connectivity index (χ4v) is 4.52. The number of rotatable bonds is 4. The van der Waals surface area contributed by atoms with Gasteiger partial charge in [-0.2, -0.15) is 10.2 Å². The van der Waals surface area contributed by atoms with Crippen LogP contribution in [0.4, 0.5) is 9.28 Å². The molecule has 1 fully saturated rings. The predicted octanol–water partition coefficient (Wildman–Crippen LogP) is 4.49. The van der Waals surface area contributed by atoms with E-state index in [0.717, 1.165) is 30.2 Å². The van der Waals surface area contributed by atoms with E-state index in [0.29, 0.717) is 23.4 Å². The normalized spacial score (nSPS) is 22.4. The van der Waals surface area contributed by atoms with Crippen molar-refractivity contribution in [3.63, 3.8) is 0 Å². The number of urea groups is 1. The van der Waals surface area contributed by atoms with Gasteiger partial charge < -0.3 is 10.8 Å². The van der Waals surface area contributed by atoms with E-state index in [-0.39, 0.29) is 11.0 Å². The second kappa shape index (κ2) is 7.64. The van der Waals surface area contributed by atoms with E-state index in [1.807, 2.05) is 13.8 Å². The first-order valence-corrected chi connectivity index (χ1v) is 9.64. The molecular weight excluding hydrogens is 371 g/mol. The SMILES string of the molecule is CC(C)(C1CCCC[C@@H](N(F)C(N)=O)C1)C(O)c1cc(Cl)cc2cn[nH]c12. The van der Waals surface area contributed by atoms with Gasteiger partial charge in [0.15, 0.2) is 0 Å². The maximum Gasteiger partial charge on any atom is 0.343 e. The molecule has 2 aromatic rings. The summed E-state index contributed by atoms with van der Waals surface area (Å²) >= 11 is 6.23. The first-order valence-electron chi connectivity index (χ1n) is 9.27. The van der Waals surface area contributed by atoms with Gasteiger partial charge in [-0.15, -0.1) is 0 Å². The molecule has 1 heterocycles. The smallest absolute Gasteiger partial charge is 0.343 e. The van der Waals surface area contributed by atoms with Gasteiger partial charge in [0.1, 0.15) is 0 Å². The lowest BCUT2D eigenvalue weighted by molar-refractivity contribution is -0.0266. The summed E-state index contributed by atoms with van der Waals surface area (Å²) in [6.45, 7) is 3.95. The second-order valence-electron chi connectivity index (χ2n) is 8.07. The number of hydrogen-bond acceptors (Lipinski definition) is 3. The minimum atomic E-state index is -1.06. The number of aromatic amines is 1. The quantitative estimate of drug-likeness (QED) is 0.524. The van der Waals surface area contributed by atoms with E-state index < -0.39 is 23.6 Å². The monoisotopic (exact) mass is 396 g/mol. The van der Waals surface area contributed by atoms with Crippen LogP contribution in [-0.2, 0) is 0 Å². The molecule has 0 saturated heterocycles. The molecule has 0 aliphatic heterocycles. The third-order valence-electron chi connectivity index (χ3n) is 6.02. The summed E-state index contributed by atoms with van der Waals surface area (Å²) in [6, 6.07) is 1.91. The molecule has 6 nitrogen and oxygen atoms in total. The number of carbonyl (C=O) groups is 1. The molecule has 1 aromatic carbocycles. The van der Waals surface area contributed by atoms with E-state index in [1.54, 1.807) is 18.3 Å². The molecule has 2 amide bonds. The Morgan fingerprint density at radius 3 is 2.85 bits per heavy atom. The molecule has 4 N–H and O–H groups in total. The number of halogens is 2. The van der Waals surface area contributed by atoms with Gasteiger partial charge in [0.2, 0.25) is 0 Å². The van der Waals surface area contributed by atoms with Crippen molar-refractivity contribution in [2.45, 2.75) is 58.1 Å². The summed E-state index contributed by atoms with van der Waals surface area (Å²) in [4.78, 5) is 11.3. The molecule has 8 heteroatoms. The fourth-order valence-electron chi connectivity index (χ4n) is 4.28. The molecule has 3 atom stereocenters. The number of fused-ring (bicyclic) bond motifs is 1. The van der Waals surface area contributed by atoms with Crippen molar-refractivity contribution in [2.75, 3.05) is 0 Å². The Balaban J connectivity index is 1.91. The third-order valence-corrected chi connectivity index (χ3v) is 6.24. The Labute approximate surface area is 162 Å². The highest BCUT2D eigenvalue weighted by Gasteiger charge is 2.41. The minimum absolute atomic E-state index is 0.00885. The van der Waals surface area contributed by atoms with Gasteiger partial charge in [-0.05, 0) is 42.7 Å². The lowest BCUT2D eigenvalue weighted by atomic mass is 9.68.